The molecule has 5 aromatic rings. The summed E-state index contributed by atoms with van der Waals surface area (Å²) in [4.78, 5) is 96.4. The summed E-state index contributed by atoms with van der Waals surface area (Å²) in [6.07, 6.45) is 2.13. The van der Waals surface area contributed by atoms with E-state index in [2.05, 4.69) is 48.4 Å². The minimum absolute atomic E-state index is 0.00421. The lowest BCUT2D eigenvalue weighted by molar-refractivity contribution is -0.145. The molecule has 2 aromatic heterocycles. The molecule has 4 atom stereocenters. The summed E-state index contributed by atoms with van der Waals surface area (Å²) in [6, 6.07) is 16.9. The molecular formula is C53H65FN10O8S. The number of carbonyl (C=O) groups excluding carboxylic acids is 6. The van der Waals surface area contributed by atoms with Crippen LogP contribution in [-0.4, -0.2) is 128 Å². The number of ether oxygens (including phenoxy) is 1. The second kappa shape index (κ2) is 22.6. The summed E-state index contributed by atoms with van der Waals surface area (Å²) >= 11 is 1.45. The van der Waals surface area contributed by atoms with Crippen LogP contribution in [0.3, 0.4) is 0 Å². The van der Waals surface area contributed by atoms with Gasteiger partial charge in [0.1, 0.15) is 17.6 Å². The van der Waals surface area contributed by atoms with Gasteiger partial charge in [-0.1, -0.05) is 32.9 Å². The standard InChI is InChI=1S/C53H65FN10O8S/c1-31-8-6-21-63(31)28-44-61-40-16-15-37(23-41(40)62-44)60-48(68)34-11-9-33(10-12-34)47(67)56-20-7-19-55-45(66)29-72-43-22-35(46-32(2)59-30-73-46)13-14-36(43)25-57-49(69)42-24-38(65)27-64(42)50(70)39(52(3,4)5)26-58-51(71)53(54)17-18-53/h9-16,22-23,30-31,38-39,42,65H,6-8,17-21,24-29H2,1-5H3,(H,55,66)(H,56,67)(H,57,69)(H,58,71)(H,60,68)(H,61,62)/t31-,38+,39?,42-/m0/s1. The maximum absolute atomic E-state index is 14.4. The Labute approximate surface area is 427 Å². The number of β-amino-alcohol motifs (C(OH)–C–C–N with tert-alkyl or cyclic N) is 1. The number of halogens is 1. The van der Waals surface area contributed by atoms with Gasteiger partial charge in [-0.25, -0.2) is 14.4 Å². The fourth-order valence-electron chi connectivity index (χ4n) is 9.24. The molecule has 3 fully saturated rings. The van der Waals surface area contributed by atoms with Crippen LogP contribution < -0.4 is 31.3 Å². The molecule has 18 nitrogen and oxygen atoms in total. The number of aromatic nitrogens is 3. The molecule has 4 heterocycles. The number of benzene rings is 3. The van der Waals surface area contributed by atoms with Crippen LogP contribution >= 0.6 is 11.3 Å². The van der Waals surface area contributed by atoms with Gasteiger partial charge in [0.25, 0.3) is 23.6 Å². The van der Waals surface area contributed by atoms with Gasteiger partial charge in [-0.2, -0.15) is 0 Å². The minimum Gasteiger partial charge on any atom is -0.483 e. The van der Waals surface area contributed by atoms with E-state index in [1.807, 2.05) is 52.0 Å². The van der Waals surface area contributed by atoms with E-state index in [1.54, 1.807) is 41.9 Å². The smallest absolute Gasteiger partial charge is 0.257 e. The van der Waals surface area contributed by atoms with Gasteiger partial charge in [-0.05, 0) is 112 Å². The SMILES string of the molecule is Cc1ncsc1-c1ccc(CNC(=O)[C@@H]2C[C@@H](O)CN2C(=O)C(CNC(=O)C2(F)CC2)C(C)(C)C)c(OCC(=O)NCCCNC(=O)c2ccc(C(=O)Nc3ccc4nc(CN5CCC[C@@H]5C)[nH]c4c3)cc2)c1. The molecule has 3 aliphatic rings. The topological polar surface area (TPSA) is 240 Å². The van der Waals surface area contributed by atoms with E-state index in [4.69, 9.17) is 9.72 Å². The Bertz CT molecular complexity index is 2840. The third-order valence-electron chi connectivity index (χ3n) is 13.9. The molecule has 1 saturated carbocycles. The van der Waals surface area contributed by atoms with E-state index < -0.39 is 52.8 Å². The molecule has 20 heteroatoms. The fraction of sp³-hybridized carbons (Fsp3) is 0.472. The lowest BCUT2D eigenvalue weighted by Gasteiger charge is -2.35. The number of anilines is 1. The highest BCUT2D eigenvalue weighted by molar-refractivity contribution is 7.13. The second-order valence-electron chi connectivity index (χ2n) is 20.5. The zero-order chi connectivity index (χ0) is 52.0. The lowest BCUT2D eigenvalue weighted by atomic mass is 9.79. The van der Waals surface area contributed by atoms with E-state index in [0.29, 0.717) is 40.6 Å². The summed E-state index contributed by atoms with van der Waals surface area (Å²) in [6.45, 7) is 11.4. The van der Waals surface area contributed by atoms with Crippen LogP contribution in [-0.2, 0) is 32.3 Å². The molecule has 1 unspecified atom stereocenters. The highest BCUT2D eigenvalue weighted by atomic mass is 32.1. The Kier molecular flexibility index (Phi) is 16.2. The molecule has 1 aliphatic carbocycles. The third-order valence-corrected chi connectivity index (χ3v) is 14.8. The number of aryl methyl sites for hydroxylation is 1. The van der Waals surface area contributed by atoms with Crippen molar-refractivity contribution in [2.75, 3.05) is 44.6 Å². The molecule has 7 N–H and O–H groups in total. The van der Waals surface area contributed by atoms with E-state index in [-0.39, 0.29) is 70.4 Å². The normalized spacial score (nSPS) is 18.8. The second-order valence-corrected chi connectivity index (χ2v) is 21.3. The zero-order valence-corrected chi connectivity index (χ0v) is 42.8. The average molecular weight is 1020 g/mol. The molecule has 2 aliphatic heterocycles. The lowest BCUT2D eigenvalue weighted by Crippen LogP contribution is -2.52. The van der Waals surface area contributed by atoms with Gasteiger partial charge in [0, 0.05) is 67.6 Å². The fourth-order valence-corrected chi connectivity index (χ4v) is 10.0. The van der Waals surface area contributed by atoms with E-state index in [1.165, 1.54) is 29.1 Å². The Morgan fingerprint density at radius 1 is 0.959 bits per heavy atom. The molecule has 0 radical (unpaired) electrons. The quantitative estimate of drug-likeness (QED) is 0.0487. The van der Waals surface area contributed by atoms with Gasteiger partial charge >= 0.3 is 0 Å². The maximum Gasteiger partial charge on any atom is 0.257 e. The first-order valence-electron chi connectivity index (χ1n) is 24.9. The number of rotatable bonds is 20. The highest BCUT2D eigenvalue weighted by Gasteiger charge is 2.51. The van der Waals surface area contributed by atoms with Crippen LogP contribution in [0.25, 0.3) is 21.5 Å². The largest absolute Gasteiger partial charge is 0.483 e. The Hall–Kier alpha value is -6.77. The monoisotopic (exact) mass is 1020 g/mol. The number of imidazole rings is 1. The van der Waals surface area contributed by atoms with E-state index >= 15 is 0 Å². The van der Waals surface area contributed by atoms with Crippen LogP contribution in [0.1, 0.15) is 104 Å². The molecule has 0 spiro atoms. The van der Waals surface area contributed by atoms with Crippen molar-refractivity contribution >= 4 is 63.5 Å². The highest BCUT2D eigenvalue weighted by Crippen LogP contribution is 2.40. The number of thiazole rings is 1. The number of aliphatic hydroxyl groups excluding tert-OH is 1. The number of aliphatic hydroxyl groups is 1. The Morgan fingerprint density at radius 2 is 1.70 bits per heavy atom. The van der Waals surface area contributed by atoms with Gasteiger partial charge in [-0.15, -0.1) is 11.3 Å². The zero-order valence-electron chi connectivity index (χ0n) is 41.9. The van der Waals surface area contributed by atoms with Crippen LogP contribution in [0.5, 0.6) is 5.75 Å². The summed E-state index contributed by atoms with van der Waals surface area (Å²) in [5.74, 6) is -2.30. The Morgan fingerprint density at radius 3 is 2.38 bits per heavy atom. The number of amides is 6. The molecule has 8 rings (SSSR count). The molecule has 73 heavy (non-hydrogen) atoms. The number of alkyl halides is 1. The van der Waals surface area contributed by atoms with Crippen molar-refractivity contribution in [3.63, 3.8) is 0 Å². The van der Waals surface area contributed by atoms with Gasteiger partial charge in [0.15, 0.2) is 12.3 Å². The van der Waals surface area contributed by atoms with Crippen molar-refractivity contribution in [1.29, 1.82) is 0 Å². The van der Waals surface area contributed by atoms with Crippen molar-refractivity contribution in [2.24, 2.45) is 11.3 Å². The number of carbonyl (C=O) groups is 6. The number of fused-ring (bicyclic) bond motifs is 1. The van der Waals surface area contributed by atoms with E-state index in [0.717, 1.165) is 46.1 Å². The van der Waals surface area contributed by atoms with Gasteiger partial charge in [0.2, 0.25) is 11.8 Å². The molecule has 2 saturated heterocycles. The molecule has 388 valence electrons. The van der Waals surface area contributed by atoms with Gasteiger partial charge < -0.3 is 46.3 Å². The summed E-state index contributed by atoms with van der Waals surface area (Å²) in [5, 5.41) is 24.7. The minimum atomic E-state index is -1.90. The van der Waals surface area contributed by atoms with Gasteiger partial charge in [-0.3, -0.25) is 33.7 Å². The first-order chi connectivity index (χ1) is 34.8. The van der Waals surface area contributed by atoms with Crippen molar-refractivity contribution in [2.45, 2.75) is 110 Å². The number of likely N-dealkylation sites (tertiary alicyclic amines) is 2. The van der Waals surface area contributed by atoms with Crippen LogP contribution in [0.4, 0.5) is 10.1 Å². The van der Waals surface area contributed by atoms with E-state index in [9.17, 15) is 38.3 Å². The summed E-state index contributed by atoms with van der Waals surface area (Å²) in [5.41, 5.74) is 4.39. The third kappa shape index (κ3) is 13.1. The average Bonchev–Trinajstić information content (AvgIpc) is 3.75. The first-order valence-corrected chi connectivity index (χ1v) is 25.8. The summed E-state index contributed by atoms with van der Waals surface area (Å²) in [7, 11) is 0. The number of nitrogens with one attached hydrogen (secondary N) is 6. The van der Waals surface area contributed by atoms with Crippen LogP contribution in [0, 0.1) is 18.3 Å². The van der Waals surface area contributed by atoms with Crippen molar-refractivity contribution in [1.82, 2.24) is 46.0 Å². The van der Waals surface area contributed by atoms with Crippen molar-refractivity contribution < 1.29 is 43.0 Å². The number of aromatic amines is 1. The van der Waals surface area contributed by atoms with Crippen LogP contribution in [0.2, 0.25) is 0 Å². The predicted octanol–water partition coefficient (Wildman–Crippen LogP) is 5.41. The number of hydrogen-bond donors (Lipinski definition) is 7. The van der Waals surface area contributed by atoms with Gasteiger partial charge in [0.05, 0.1) is 45.7 Å². The molecule has 3 aromatic carbocycles. The Balaban J connectivity index is 0.796. The molecule has 6 amide bonds. The number of hydrogen-bond acceptors (Lipinski definition) is 12. The molecular weight excluding hydrogens is 956 g/mol. The number of H-pyrrole nitrogens is 1. The van der Waals surface area contributed by atoms with Crippen molar-refractivity contribution in [3.05, 3.63) is 94.4 Å². The predicted molar refractivity (Wildman–Crippen MR) is 274 cm³/mol. The van der Waals surface area contributed by atoms with Crippen molar-refractivity contribution in [3.8, 4) is 16.2 Å². The number of nitrogens with zero attached hydrogens (tertiary/aromatic N) is 4. The summed E-state index contributed by atoms with van der Waals surface area (Å²) < 4.78 is 20.5. The maximum atomic E-state index is 14.4. The molecule has 0 bridgehead atoms. The van der Waals surface area contributed by atoms with Crippen LogP contribution in [0.15, 0.2) is 66.2 Å². The first kappa shape index (κ1) is 52.5.